The molecule has 0 aliphatic carbocycles. The van der Waals surface area contributed by atoms with E-state index in [1.54, 1.807) is 47.0 Å². The Bertz CT molecular complexity index is 1950. The van der Waals surface area contributed by atoms with Crippen LogP contribution in [-0.2, 0) is 37.1 Å². The number of aliphatic carboxylic acids is 2. The van der Waals surface area contributed by atoms with Crippen molar-refractivity contribution in [2.75, 3.05) is 23.0 Å². The average molecular weight is 826 g/mol. The van der Waals surface area contributed by atoms with Gasteiger partial charge in [0.05, 0.1) is 6.61 Å². The number of β-lactam (4-membered cyclic amide) rings is 2. The molecular formula is C42H39N3O7S4. The van der Waals surface area contributed by atoms with E-state index in [0.717, 1.165) is 32.1 Å². The van der Waals surface area contributed by atoms with Gasteiger partial charge in [0.25, 0.3) is 5.91 Å². The zero-order valence-corrected chi connectivity index (χ0v) is 33.3. The molecule has 4 aromatic rings. The summed E-state index contributed by atoms with van der Waals surface area (Å²) in [5.41, 5.74) is 3.95. The van der Waals surface area contributed by atoms with Gasteiger partial charge in [0, 0.05) is 39.3 Å². The number of fused-ring (bicyclic) bond motifs is 2. The van der Waals surface area contributed by atoms with Gasteiger partial charge in [0.15, 0.2) is 6.10 Å². The summed E-state index contributed by atoms with van der Waals surface area (Å²) in [7, 11) is 0. The van der Waals surface area contributed by atoms with Crippen molar-refractivity contribution < 1.29 is 34.1 Å². The highest BCUT2D eigenvalue weighted by Crippen LogP contribution is 2.44. The predicted molar refractivity (Wildman–Crippen MR) is 222 cm³/mol. The van der Waals surface area contributed by atoms with Crippen LogP contribution >= 0.6 is 47.0 Å². The lowest BCUT2D eigenvalue weighted by molar-refractivity contribution is -0.166. The molecular weight excluding hydrogens is 787 g/mol. The third-order valence-corrected chi connectivity index (χ3v) is 14.3. The second-order valence-electron chi connectivity index (χ2n) is 13.1. The van der Waals surface area contributed by atoms with E-state index in [4.69, 9.17) is 4.74 Å². The van der Waals surface area contributed by atoms with Crippen LogP contribution in [0, 0.1) is 0 Å². The molecule has 2 unspecified atom stereocenters. The number of carbonyl (C=O) groups is 4. The number of ether oxygens (including phenoxy) is 1. The molecule has 2 saturated heterocycles. The molecule has 4 heterocycles. The molecule has 288 valence electrons. The number of nitrogens with one attached hydrogen (secondary N) is 1. The van der Waals surface area contributed by atoms with Gasteiger partial charge in [-0.2, -0.15) is 0 Å². The van der Waals surface area contributed by atoms with Gasteiger partial charge >= 0.3 is 11.9 Å². The van der Waals surface area contributed by atoms with E-state index in [-0.39, 0.29) is 40.0 Å². The van der Waals surface area contributed by atoms with Crippen molar-refractivity contribution >= 4 is 70.8 Å². The maximum Gasteiger partial charge on any atom is 0.352 e. The number of nitrogens with zero attached hydrogens (tertiary/aromatic N) is 2. The first-order chi connectivity index (χ1) is 27.3. The fourth-order valence-corrected chi connectivity index (χ4v) is 11.4. The monoisotopic (exact) mass is 825 g/mol. The molecule has 0 spiro atoms. The first-order valence-electron chi connectivity index (χ1n) is 17.9. The second kappa shape index (κ2) is 18.7. The Kier molecular flexibility index (Phi) is 13.3. The molecule has 4 aliphatic rings. The van der Waals surface area contributed by atoms with Gasteiger partial charge in [0.2, 0.25) is 5.91 Å². The molecule has 0 bridgehead atoms. The van der Waals surface area contributed by atoms with E-state index in [9.17, 15) is 29.4 Å². The van der Waals surface area contributed by atoms with Crippen LogP contribution < -0.4 is 5.32 Å². The quantitative estimate of drug-likeness (QED) is 0.0911. The summed E-state index contributed by atoms with van der Waals surface area (Å²) in [6.07, 6.45) is -0.595. The lowest BCUT2D eigenvalue weighted by Crippen LogP contribution is -2.69. The van der Waals surface area contributed by atoms with E-state index in [1.165, 1.54) is 9.80 Å². The number of thioether (sulfide) groups is 4. The molecule has 56 heavy (non-hydrogen) atoms. The minimum Gasteiger partial charge on any atom is -0.477 e. The largest absolute Gasteiger partial charge is 0.477 e. The van der Waals surface area contributed by atoms with Gasteiger partial charge < -0.3 is 14.9 Å². The summed E-state index contributed by atoms with van der Waals surface area (Å²) in [6.45, 7) is 0.927. The van der Waals surface area contributed by atoms with E-state index in [1.807, 2.05) is 121 Å². The van der Waals surface area contributed by atoms with E-state index in [2.05, 4.69) is 5.32 Å². The highest BCUT2D eigenvalue weighted by molar-refractivity contribution is 8.01. The van der Waals surface area contributed by atoms with Crippen molar-refractivity contribution in [3.8, 4) is 0 Å². The number of benzene rings is 4. The lowest BCUT2D eigenvalue weighted by atomic mass is 10.0. The van der Waals surface area contributed by atoms with E-state index < -0.39 is 18.0 Å². The Morgan fingerprint density at radius 2 is 1.09 bits per heavy atom. The molecule has 4 atom stereocenters. The number of hydrogen-bond donors (Lipinski definition) is 3. The van der Waals surface area contributed by atoms with E-state index in [0.29, 0.717) is 36.2 Å². The maximum atomic E-state index is 12.7. The molecule has 10 nitrogen and oxygen atoms in total. The van der Waals surface area contributed by atoms with Crippen molar-refractivity contribution in [3.05, 3.63) is 155 Å². The molecule has 0 aromatic heterocycles. The molecule has 14 heteroatoms. The summed E-state index contributed by atoms with van der Waals surface area (Å²) in [6, 6.07) is 38.9. The topological polar surface area (TPSA) is 136 Å². The van der Waals surface area contributed by atoms with Crippen LogP contribution in [0.4, 0.5) is 0 Å². The fraction of sp³-hybridized carbons (Fsp3) is 0.238. The lowest BCUT2D eigenvalue weighted by Gasteiger charge is -2.49. The summed E-state index contributed by atoms with van der Waals surface area (Å²) in [5.74, 6) is -0.184. The van der Waals surface area contributed by atoms with Crippen LogP contribution in [0.5, 0.6) is 0 Å². The van der Waals surface area contributed by atoms with Gasteiger partial charge in [-0.25, -0.2) is 9.59 Å². The fourth-order valence-electron chi connectivity index (χ4n) is 6.59. The Hall–Kier alpha value is -4.44. The van der Waals surface area contributed by atoms with E-state index >= 15 is 0 Å². The van der Waals surface area contributed by atoms with Crippen LogP contribution in [0.1, 0.15) is 11.1 Å². The van der Waals surface area contributed by atoms with Gasteiger partial charge in [0.1, 0.15) is 28.2 Å². The smallest absolute Gasteiger partial charge is 0.352 e. The SMILES string of the molecule is O=C(O)C1=C(CSc2ccccc2)CSC2[C@@H](NCc3ccccc3)C(=O)N12.O=C(O)C1=C(CSc2ccccc2)CSC2[C@@H](OCc3ccccc3)C(=O)N12. The third kappa shape index (κ3) is 9.06. The Balaban J connectivity index is 0.000000172. The van der Waals surface area contributed by atoms with Crippen LogP contribution in [-0.4, -0.2) is 89.7 Å². The third-order valence-electron chi connectivity index (χ3n) is 9.40. The Morgan fingerprint density at radius 1 is 0.643 bits per heavy atom. The molecule has 0 saturated carbocycles. The first-order valence-corrected chi connectivity index (χ1v) is 22.0. The highest BCUT2D eigenvalue weighted by Gasteiger charge is 2.55. The standard InChI is InChI=1S/C21H20N2O3S2.C21H19NO4S2/c24-19-17(22-11-14-7-3-1-4-8-14)20-23(19)18(21(25)26)15(13-28-20)12-27-16-9-5-2-6-10-16;23-19-18(26-11-14-7-3-1-4-8-14)20-22(19)17(21(24)25)15(13-28-20)12-27-16-9-5-2-6-10-16/h1-10,17,20,22H,11-13H2,(H,25,26);1-10,18,20H,11-13H2,(H,24,25)/t17-,20?;18-,20?/m00/s1. The number of hydrogen-bond acceptors (Lipinski definition) is 10. The predicted octanol–water partition coefficient (Wildman–Crippen LogP) is 6.81. The van der Waals surface area contributed by atoms with Crippen molar-refractivity contribution in [2.24, 2.45) is 0 Å². The number of amides is 2. The highest BCUT2D eigenvalue weighted by atomic mass is 32.2. The number of rotatable bonds is 14. The normalized spacial score (nSPS) is 21.3. The van der Waals surface area contributed by atoms with Crippen LogP contribution in [0.2, 0.25) is 0 Å². The van der Waals surface area contributed by atoms with Crippen molar-refractivity contribution in [2.45, 2.75) is 45.8 Å². The summed E-state index contributed by atoms with van der Waals surface area (Å²) >= 11 is 6.38. The summed E-state index contributed by atoms with van der Waals surface area (Å²) in [5, 5.41) is 22.3. The van der Waals surface area contributed by atoms with Crippen molar-refractivity contribution in [3.63, 3.8) is 0 Å². The first kappa shape index (κ1) is 39.8. The zero-order valence-electron chi connectivity index (χ0n) is 30.1. The molecule has 2 amide bonds. The van der Waals surface area contributed by atoms with Gasteiger partial charge in [-0.1, -0.05) is 97.1 Å². The minimum absolute atomic E-state index is 0.122. The van der Waals surface area contributed by atoms with Crippen molar-refractivity contribution in [1.82, 2.24) is 15.1 Å². The van der Waals surface area contributed by atoms with Crippen molar-refractivity contribution in [1.29, 1.82) is 0 Å². The van der Waals surface area contributed by atoms with Crippen LogP contribution in [0.25, 0.3) is 0 Å². The summed E-state index contributed by atoms with van der Waals surface area (Å²) in [4.78, 5) is 54.1. The van der Waals surface area contributed by atoms with Crippen LogP contribution in [0.15, 0.2) is 154 Å². The second-order valence-corrected chi connectivity index (χ2v) is 17.4. The zero-order chi connectivity index (χ0) is 39.0. The number of carbonyl (C=O) groups excluding carboxylic acids is 2. The average Bonchev–Trinajstić information content (AvgIpc) is 3.23. The van der Waals surface area contributed by atoms with Gasteiger partial charge in [-0.3, -0.25) is 24.7 Å². The molecule has 3 N–H and O–H groups in total. The summed E-state index contributed by atoms with van der Waals surface area (Å²) < 4.78 is 5.81. The van der Waals surface area contributed by atoms with Gasteiger partial charge in [-0.05, 0) is 46.5 Å². The Labute approximate surface area is 342 Å². The number of carboxylic acids is 2. The Morgan fingerprint density at radius 3 is 1.59 bits per heavy atom. The van der Waals surface area contributed by atoms with Gasteiger partial charge in [-0.15, -0.1) is 47.0 Å². The molecule has 4 aromatic carbocycles. The molecule has 2 fully saturated rings. The molecule has 0 radical (unpaired) electrons. The molecule has 4 aliphatic heterocycles. The maximum absolute atomic E-state index is 12.7. The molecule has 8 rings (SSSR count). The number of carboxylic acid groups (broad SMARTS) is 2. The van der Waals surface area contributed by atoms with Crippen LogP contribution in [0.3, 0.4) is 0 Å². The minimum atomic E-state index is -1.05.